The van der Waals surface area contributed by atoms with Gasteiger partial charge >= 0.3 is 0 Å². The highest BCUT2D eigenvalue weighted by atomic mass is 79.9. The van der Waals surface area contributed by atoms with Crippen molar-refractivity contribution in [3.63, 3.8) is 0 Å². The molecule has 0 atom stereocenters. The van der Waals surface area contributed by atoms with Crippen LogP contribution in [0.2, 0.25) is 0 Å². The van der Waals surface area contributed by atoms with Gasteiger partial charge in [0.25, 0.3) is 0 Å². The number of rotatable bonds is 5. The van der Waals surface area contributed by atoms with Crippen LogP contribution in [0.1, 0.15) is 5.56 Å². The zero-order chi connectivity index (χ0) is 17.1. The van der Waals surface area contributed by atoms with Gasteiger partial charge in [0.2, 0.25) is 0 Å². The Hall–Kier alpha value is -2.31. The van der Waals surface area contributed by atoms with Gasteiger partial charge in [-0.25, -0.2) is 0 Å². The smallest absolute Gasteiger partial charge is 0.173 e. The minimum atomic E-state index is -0.207. The highest BCUT2D eigenvalue weighted by Crippen LogP contribution is 2.41. The summed E-state index contributed by atoms with van der Waals surface area (Å²) in [4.78, 5) is 0. The van der Waals surface area contributed by atoms with Crippen molar-refractivity contribution in [1.29, 1.82) is 0 Å². The molecule has 3 aromatic rings. The van der Waals surface area contributed by atoms with Crippen LogP contribution in [-0.4, -0.2) is 24.5 Å². The minimum Gasteiger partial charge on any atom is -0.493 e. The molecule has 0 bridgehead atoms. The fraction of sp³-hybridized carbons (Fsp3) is 0.167. The fourth-order valence-corrected chi connectivity index (χ4v) is 3.00. The molecule has 0 aliphatic rings. The van der Waals surface area contributed by atoms with Crippen molar-refractivity contribution in [2.75, 3.05) is 14.2 Å². The van der Waals surface area contributed by atoms with Crippen molar-refractivity contribution in [2.45, 2.75) is 6.61 Å². The highest BCUT2D eigenvalue weighted by molar-refractivity contribution is 9.10. The SMILES string of the molecule is COc1cccc(-c2noc(-c3cccc(Br)c3)c2CO)c1OC. The number of para-hydroxylation sites is 1. The molecule has 5 nitrogen and oxygen atoms in total. The fourth-order valence-electron chi connectivity index (χ4n) is 2.60. The van der Waals surface area contributed by atoms with E-state index in [1.54, 1.807) is 20.3 Å². The number of hydrogen-bond donors (Lipinski definition) is 1. The average Bonchev–Trinajstić information content (AvgIpc) is 3.04. The van der Waals surface area contributed by atoms with Gasteiger partial charge in [0.1, 0.15) is 5.69 Å². The second-order valence-corrected chi connectivity index (χ2v) is 5.96. The van der Waals surface area contributed by atoms with Gasteiger partial charge in [-0.05, 0) is 24.3 Å². The monoisotopic (exact) mass is 389 g/mol. The first kappa shape index (κ1) is 16.5. The predicted octanol–water partition coefficient (Wildman–Crippen LogP) is 4.28. The number of nitrogens with zero attached hydrogens (tertiary/aromatic N) is 1. The van der Waals surface area contributed by atoms with E-state index in [-0.39, 0.29) is 6.61 Å². The Kier molecular flexibility index (Phi) is 4.87. The zero-order valence-corrected chi connectivity index (χ0v) is 14.8. The van der Waals surface area contributed by atoms with E-state index in [0.29, 0.717) is 34.1 Å². The summed E-state index contributed by atoms with van der Waals surface area (Å²) in [5.41, 5.74) is 2.66. The molecule has 0 spiro atoms. The number of halogens is 1. The van der Waals surface area contributed by atoms with E-state index in [2.05, 4.69) is 21.1 Å². The topological polar surface area (TPSA) is 64.7 Å². The molecule has 1 N–H and O–H groups in total. The zero-order valence-electron chi connectivity index (χ0n) is 13.2. The number of ether oxygens (including phenoxy) is 2. The molecule has 3 rings (SSSR count). The van der Waals surface area contributed by atoms with Crippen molar-refractivity contribution < 1.29 is 19.1 Å². The van der Waals surface area contributed by atoms with Gasteiger partial charge in [0.05, 0.1) is 32.0 Å². The second-order valence-electron chi connectivity index (χ2n) is 5.05. The molecule has 0 fully saturated rings. The lowest BCUT2D eigenvalue weighted by atomic mass is 10.0. The van der Waals surface area contributed by atoms with Gasteiger partial charge < -0.3 is 19.1 Å². The first-order valence-electron chi connectivity index (χ1n) is 7.26. The van der Waals surface area contributed by atoms with E-state index in [0.717, 1.165) is 10.0 Å². The van der Waals surface area contributed by atoms with E-state index in [9.17, 15) is 5.11 Å². The van der Waals surface area contributed by atoms with Crippen LogP contribution in [0.4, 0.5) is 0 Å². The molecule has 0 unspecified atom stereocenters. The maximum atomic E-state index is 9.89. The first-order chi connectivity index (χ1) is 11.7. The van der Waals surface area contributed by atoms with E-state index in [1.807, 2.05) is 36.4 Å². The lowest BCUT2D eigenvalue weighted by Crippen LogP contribution is -1.95. The molecule has 0 radical (unpaired) electrons. The molecular formula is C18H16BrNO4. The molecule has 2 aromatic carbocycles. The lowest BCUT2D eigenvalue weighted by molar-refractivity contribution is 0.281. The molecule has 0 amide bonds. The summed E-state index contributed by atoms with van der Waals surface area (Å²) in [6.45, 7) is -0.207. The van der Waals surface area contributed by atoms with E-state index < -0.39 is 0 Å². The van der Waals surface area contributed by atoms with Crippen LogP contribution in [0.15, 0.2) is 51.5 Å². The van der Waals surface area contributed by atoms with E-state index in [1.165, 1.54) is 0 Å². The minimum absolute atomic E-state index is 0.207. The summed E-state index contributed by atoms with van der Waals surface area (Å²) < 4.78 is 17.2. The van der Waals surface area contributed by atoms with Crippen LogP contribution >= 0.6 is 15.9 Å². The summed E-state index contributed by atoms with van der Waals surface area (Å²) >= 11 is 3.44. The maximum Gasteiger partial charge on any atom is 0.173 e. The average molecular weight is 390 g/mol. The Morgan fingerprint density at radius 1 is 1.12 bits per heavy atom. The van der Waals surface area contributed by atoms with Crippen molar-refractivity contribution in [2.24, 2.45) is 0 Å². The predicted molar refractivity (Wildman–Crippen MR) is 94.1 cm³/mol. The van der Waals surface area contributed by atoms with Crippen molar-refractivity contribution in [3.8, 4) is 34.1 Å². The summed E-state index contributed by atoms with van der Waals surface area (Å²) in [5, 5.41) is 14.0. The quantitative estimate of drug-likeness (QED) is 0.705. The van der Waals surface area contributed by atoms with Crippen molar-refractivity contribution in [3.05, 3.63) is 52.5 Å². The molecule has 1 aromatic heterocycles. The molecule has 0 aliphatic heterocycles. The lowest BCUT2D eigenvalue weighted by Gasteiger charge is -2.11. The third-order valence-electron chi connectivity index (χ3n) is 3.69. The second kappa shape index (κ2) is 7.07. The Balaban J connectivity index is 2.18. The Morgan fingerprint density at radius 2 is 1.92 bits per heavy atom. The van der Waals surface area contributed by atoms with Crippen LogP contribution in [0.3, 0.4) is 0 Å². The number of aliphatic hydroxyl groups is 1. The number of aliphatic hydroxyl groups excluding tert-OH is 1. The summed E-state index contributed by atoms with van der Waals surface area (Å²) in [5.74, 6) is 1.66. The molecule has 0 saturated carbocycles. The standard InChI is InChI=1S/C18H16BrNO4/c1-22-15-8-4-7-13(18(15)23-2)16-14(10-21)17(24-20-16)11-5-3-6-12(19)9-11/h3-9,21H,10H2,1-2H3. The molecule has 6 heteroatoms. The number of benzene rings is 2. The molecule has 0 aliphatic carbocycles. The molecule has 24 heavy (non-hydrogen) atoms. The molecule has 1 heterocycles. The molecular weight excluding hydrogens is 374 g/mol. The Morgan fingerprint density at radius 3 is 2.58 bits per heavy atom. The van der Waals surface area contributed by atoms with Crippen LogP contribution in [0.5, 0.6) is 11.5 Å². The summed E-state index contributed by atoms with van der Waals surface area (Å²) in [7, 11) is 3.14. The normalized spacial score (nSPS) is 10.7. The number of aromatic nitrogens is 1. The van der Waals surface area contributed by atoms with Gasteiger partial charge in [0, 0.05) is 10.0 Å². The van der Waals surface area contributed by atoms with Crippen LogP contribution < -0.4 is 9.47 Å². The summed E-state index contributed by atoms with van der Waals surface area (Å²) in [6, 6.07) is 13.1. The van der Waals surface area contributed by atoms with Crippen LogP contribution in [-0.2, 0) is 6.61 Å². The highest BCUT2D eigenvalue weighted by Gasteiger charge is 2.22. The van der Waals surface area contributed by atoms with Crippen LogP contribution in [0, 0.1) is 0 Å². The van der Waals surface area contributed by atoms with Gasteiger partial charge in [-0.1, -0.05) is 39.3 Å². The van der Waals surface area contributed by atoms with Gasteiger partial charge in [0.15, 0.2) is 17.3 Å². The van der Waals surface area contributed by atoms with Gasteiger partial charge in [-0.15, -0.1) is 0 Å². The maximum absolute atomic E-state index is 9.89. The molecule has 0 saturated heterocycles. The molecule has 124 valence electrons. The third-order valence-corrected chi connectivity index (χ3v) is 4.18. The largest absolute Gasteiger partial charge is 0.493 e. The van der Waals surface area contributed by atoms with Gasteiger partial charge in [-0.3, -0.25) is 0 Å². The van der Waals surface area contributed by atoms with Crippen LogP contribution in [0.25, 0.3) is 22.6 Å². The van der Waals surface area contributed by atoms with Crippen molar-refractivity contribution >= 4 is 15.9 Å². The Bertz CT molecular complexity index is 860. The van der Waals surface area contributed by atoms with Crippen molar-refractivity contribution in [1.82, 2.24) is 5.16 Å². The summed E-state index contributed by atoms with van der Waals surface area (Å²) in [6.07, 6.45) is 0. The number of hydrogen-bond acceptors (Lipinski definition) is 5. The number of methoxy groups -OCH3 is 2. The first-order valence-corrected chi connectivity index (χ1v) is 8.05. The van der Waals surface area contributed by atoms with E-state index >= 15 is 0 Å². The van der Waals surface area contributed by atoms with Gasteiger partial charge in [-0.2, -0.15) is 0 Å². The van der Waals surface area contributed by atoms with E-state index in [4.69, 9.17) is 14.0 Å². The Labute approximate surface area is 147 Å². The third kappa shape index (κ3) is 2.90.